The molecule has 2 rings (SSSR count). The standard InChI is InChI=1S/C26H37N5O4/c1-16-11-19(32)12-17(2)20(16)14-21(27)23(33)31-26(3,4)15-29-24(34)22(30-25(35)28-5)13-18-9-7-6-8-10-18/h6-12,21-22,32H,13-15,27H2,1-5H3,(H,29,34)(H,31,33)(H2,28,30,35). The molecule has 0 bridgehead atoms. The first-order valence-electron chi connectivity index (χ1n) is 11.6. The minimum absolute atomic E-state index is 0.141. The van der Waals surface area contributed by atoms with Gasteiger partial charge in [0.05, 0.1) is 11.6 Å². The second-order valence-electron chi connectivity index (χ2n) is 9.43. The zero-order valence-corrected chi connectivity index (χ0v) is 21.1. The lowest BCUT2D eigenvalue weighted by Crippen LogP contribution is -2.58. The van der Waals surface area contributed by atoms with Crippen LogP contribution in [0.4, 0.5) is 4.79 Å². The molecule has 7 N–H and O–H groups in total. The molecular formula is C26H37N5O4. The Morgan fingerprint density at radius 1 is 1.00 bits per heavy atom. The molecule has 0 aliphatic rings. The molecule has 0 fully saturated rings. The number of phenolic OH excluding ortho intramolecular Hbond substituents is 1. The Morgan fingerprint density at radius 3 is 2.17 bits per heavy atom. The molecule has 35 heavy (non-hydrogen) atoms. The van der Waals surface area contributed by atoms with Crippen molar-refractivity contribution in [3.63, 3.8) is 0 Å². The summed E-state index contributed by atoms with van der Waals surface area (Å²) in [5.74, 6) is -0.532. The summed E-state index contributed by atoms with van der Waals surface area (Å²) >= 11 is 0. The van der Waals surface area contributed by atoms with E-state index < -0.39 is 23.7 Å². The Morgan fingerprint density at radius 2 is 1.60 bits per heavy atom. The minimum Gasteiger partial charge on any atom is -0.508 e. The molecule has 9 nitrogen and oxygen atoms in total. The van der Waals surface area contributed by atoms with Crippen LogP contribution in [0.3, 0.4) is 0 Å². The maximum Gasteiger partial charge on any atom is 0.315 e. The second kappa shape index (κ2) is 12.2. The summed E-state index contributed by atoms with van der Waals surface area (Å²) < 4.78 is 0. The normalized spacial score (nSPS) is 12.9. The monoisotopic (exact) mass is 483 g/mol. The molecule has 0 spiro atoms. The molecule has 0 aliphatic heterocycles. The Balaban J connectivity index is 1.98. The third kappa shape index (κ3) is 8.60. The molecule has 2 aromatic carbocycles. The quantitative estimate of drug-likeness (QED) is 0.303. The Hall–Kier alpha value is -3.59. The largest absolute Gasteiger partial charge is 0.508 e. The van der Waals surface area contributed by atoms with E-state index in [1.165, 1.54) is 7.05 Å². The fourth-order valence-corrected chi connectivity index (χ4v) is 3.80. The van der Waals surface area contributed by atoms with Crippen molar-refractivity contribution in [2.24, 2.45) is 5.73 Å². The number of urea groups is 1. The number of nitrogens with one attached hydrogen (secondary N) is 4. The lowest BCUT2D eigenvalue weighted by Gasteiger charge is -2.29. The number of phenols is 1. The number of carbonyl (C=O) groups excluding carboxylic acids is 3. The fourth-order valence-electron chi connectivity index (χ4n) is 3.80. The van der Waals surface area contributed by atoms with Crippen LogP contribution in [-0.4, -0.2) is 54.2 Å². The van der Waals surface area contributed by atoms with Crippen LogP contribution in [0.5, 0.6) is 5.75 Å². The van der Waals surface area contributed by atoms with Gasteiger partial charge in [-0.05, 0) is 68.5 Å². The SMILES string of the molecule is CNC(=O)NC(Cc1ccccc1)C(=O)NCC(C)(C)NC(=O)C(N)Cc1c(C)cc(O)cc1C. The van der Waals surface area contributed by atoms with Crippen molar-refractivity contribution >= 4 is 17.8 Å². The van der Waals surface area contributed by atoms with Gasteiger partial charge in [0.2, 0.25) is 11.8 Å². The van der Waals surface area contributed by atoms with Crippen molar-refractivity contribution in [3.8, 4) is 5.75 Å². The Kier molecular flexibility index (Phi) is 9.65. The van der Waals surface area contributed by atoms with E-state index in [0.717, 1.165) is 22.3 Å². The summed E-state index contributed by atoms with van der Waals surface area (Å²) in [6, 6.07) is 10.6. The number of amides is 4. The number of hydrogen-bond donors (Lipinski definition) is 6. The first-order chi connectivity index (χ1) is 16.4. The molecule has 2 aromatic rings. The van der Waals surface area contributed by atoms with Crippen LogP contribution in [0.2, 0.25) is 0 Å². The van der Waals surface area contributed by atoms with Crippen LogP contribution in [0, 0.1) is 13.8 Å². The van der Waals surface area contributed by atoms with Crippen LogP contribution in [0.25, 0.3) is 0 Å². The molecule has 0 saturated carbocycles. The predicted octanol–water partition coefficient (Wildman–Crippen LogP) is 1.43. The van der Waals surface area contributed by atoms with Crippen molar-refractivity contribution in [1.29, 1.82) is 0 Å². The Labute approximate surface area is 206 Å². The van der Waals surface area contributed by atoms with Crippen molar-refractivity contribution in [3.05, 3.63) is 64.7 Å². The van der Waals surface area contributed by atoms with Gasteiger partial charge >= 0.3 is 6.03 Å². The van der Waals surface area contributed by atoms with E-state index in [9.17, 15) is 19.5 Å². The van der Waals surface area contributed by atoms with Crippen molar-refractivity contribution in [2.75, 3.05) is 13.6 Å². The predicted molar refractivity (Wildman–Crippen MR) is 136 cm³/mol. The van der Waals surface area contributed by atoms with Gasteiger partial charge in [-0.1, -0.05) is 30.3 Å². The molecule has 9 heteroatoms. The highest BCUT2D eigenvalue weighted by Crippen LogP contribution is 2.22. The fraction of sp³-hybridized carbons (Fsp3) is 0.423. The van der Waals surface area contributed by atoms with Gasteiger partial charge < -0.3 is 32.1 Å². The highest BCUT2D eigenvalue weighted by atomic mass is 16.3. The van der Waals surface area contributed by atoms with Crippen LogP contribution in [-0.2, 0) is 22.4 Å². The maximum absolute atomic E-state index is 12.9. The van der Waals surface area contributed by atoms with Crippen molar-refractivity contribution in [2.45, 2.75) is 58.2 Å². The number of aryl methyl sites for hydroxylation is 2. The van der Waals surface area contributed by atoms with Gasteiger partial charge in [-0.2, -0.15) is 0 Å². The number of nitrogens with two attached hydrogens (primary N) is 1. The van der Waals surface area contributed by atoms with E-state index in [0.29, 0.717) is 12.8 Å². The Bertz CT molecular complexity index is 1020. The maximum atomic E-state index is 12.9. The summed E-state index contributed by atoms with van der Waals surface area (Å²) in [4.78, 5) is 37.6. The highest BCUT2D eigenvalue weighted by molar-refractivity contribution is 5.87. The van der Waals surface area contributed by atoms with Gasteiger partial charge in [0.1, 0.15) is 11.8 Å². The smallest absolute Gasteiger partial charge is 0.315 e. The van der Waals surface area contributed by atoms with Crippen LogP contribution in [0.1, 0.15) is 36.1 Å². The zero-order chi connectivity index (χ0) is 26.2. The van der Waals surface area contributed by atoms with E-state index in [1.54, 1.807) is 26.0 Å². The molecule has 0 aliphatic carbocycles. The lowest BCUT2D eigenvalue weighted by atomic mass is 9.95. The van der Waals surface area contributed by atoms with Crippen LogP contribution >= 0.6 is 0 Å². The van der Waals surface area contributed by atoms with Crippen LogP contribution in [0.15, 0.2) is 42.5 Å². The van der Waals surface area contributed by atoms with E-state index in [4.69, 9.17) is 5.73 Å². The van der Waals surface area contributed by atoms with E-state index in [2.05, 4.69) is 21.3 Å². The van der Waals surface area contributed by atoms with Gasteiger partial charge in [0, 0.05) is 20.0 Å². The molecule has 0 heterocycles. The van der Waals surface area contributed by atoms with Gasteiger partial charge in [-0.25, -0.2) is 4.79 Å². The lowest BCUT2D eigenvalue weighted by molar-refractivity contribution is -0.126. The van der Waals surface area contributed by atoms with Crippen LogP contribution < -0.4 is 27.0 Å². The van der Waals surface area contributed by atoms with E-state index in [1.807, 2.05) is 44.2 Å². The van der Waals surface area contributed by atoms with Crippen molar-refractivity contribution in [1.82, 2.24) is 21.3 Å². The molecule has 0 aromatic heterocycles. The van der Waals surface area contributed by atoms with Gasteiger partial charge in [-0.15, -0.1) is 0 Å². The number of benzene rings is 2. The topological polar surface area (TPSA) is 146 Å². The number of carbonyl (C=O) groups is 3. The number of aromatic hydroxyl groups is 1. The van der Waals surface area contributed by atoms with Gasteiger partial charge in [-0.3, -0.25) is 9.59 Å². The van der Waals surface area contributed by atoms with Crippen molar-refractivity contribution < 1.29 is 19.5 Å². The third-order valence-electron chi connectivity index (χ3n) is 5.74. The van der Waals surface area contributed by atoms with E-state index in [-0.39, 0.29) is 24.1 Å². The first-order valence-corrected chi connectivity index (χ1v) is 11.6. The molecule has 0 radical (unpaired) electrons. The summed E-state index contributed by atoms with van der Waals surface area (Å²) in [6.07, 6.45) is 0.643. The average Bonchev–Trinajstić information content (AvgIpc) is 2.79. The molecule has 2 atom stereocenters. The third-order valence-corrected chi connectivity index (χ3v) is 5.74. The molecule has 190 valence electrons. The number of hydrogen-bond acceptors (Lipinski definition) is 5. The average molecular weight is 484 g/mol. The van der Waals surface area contributed by atoms with Gasteiger partial charge in [0.25, 0.3) is 0 Å². The summed E-state index contributed by atoms with van der Waals surface area (Å²) in [5, 5.41) is 20.6. The number of rotatable bonds is 10. The zero-order valence-electron chi connectivity index (χ0n) is 21.1. The molecule has 0 saturated heterocycles. The second-order valence-corrected chi connectivity index (χ2v) is 9.43. The summed E-state index contributed by atoms with van der Waals surface area (Å²) in [6.45, 7) is 7.44. The minimum atomic E-state index is -0.798. The molecule has 4 amide bonds. The first kappa shape index (κ1) is 27.7. The summed E-state index contributed by atoms with van der Waals surface area (Å²) in [5.41, 5.74) is 8.95. The highest BCUT2D eigenvalue weighted by Gasteiger charge is 2.27. The molecule has 2 unspecified atom stereocenters. The molecular weight excluding hydrogens is 446 g/mol. The summed E-state index contributed by atoms with van der Waals surface area (Å²) in [7, 11) is 1.48. The van der Waals surface area contributed by atoms with Gasteiger partial charge in [0.15, 0.2) is 0 Å². The van der Waals surface area contributed by atoms with E-state index >= 15 is 0 Å².